The van der Waals surface area contributed by atoms with Gasteiger partial charge in [0.1, 0.15) is 34.2 Å². The van der Waals surface area contributed by atoms with E-state index in [9.17, 15) is 10.1 Å². The van der Waals surface area contributed by atoms with Gasteiger partial charge in [-0.15, -0.1) is 11.8 Å². The van der Waals surface area contributed by atoms with Gasteiger partial charge in [0, 0.05) is 26.4 Å². The molecule has 0 saturated carbocycles. The number of nitrogens with zero attached hydrogens (tertiary/aromatic N) is 4. The fraction of sp³-hybridized carbons (Fsp3) is 0.200. The molecule has 1 heterocycles. The molecule has 9 heteroatoms. The van der Waals surface area contributed by atoms with Crippen molar-refractivity contribution in [1.29, 1.82) is 5.26 Å². The third-order valence-electron chi connectivity index (χ3n) is 4.47. The normalized spacial score (nSPS) is 10.9. The maximum Gasteiger partial charge on any atom is 0.340 e. The van der Waals surface area contributed by atoms with Gasteiger partial charge >= 0.3 is 5.97 Å². The highest BCUT2D eigenvalue weighted by atomic mass is 32.2. The van der Waals surface area contributed by atoms with E-state index >= 15 is 0 Å². The van der Waals surface area contributed by atoms with Crippen LogP contribution in [0.1, 0.15) is 17.0 Å². The minimum atomic E-state index is -0.536. The highest BCUT2D eigenvalue weighted by molar-refractivity contribution is 7.98. The summed E-state index contributed by atoms with van der Waals surface area (Å²) in [5, 5.41) is 9.89. The second-order valence-electron chi connectivity index (χ2n) is 7.25. The molecule has 0 amide bonds. The van der Waals surface area contributed by atoms with E-state index in [1.54, 1.807) is 80.6 Å². The number of carbonyl (C=O) groups excluding carboxylic acids is 1. The highest BCUT2D eigenvalue weighted by Gasteiger charge is 2.25. The number of carbonyl (C=O) groups is 1. The number of hydrogen-bond donors (Lipinski definition) is 0. The van der Waals surface area contributed by atoms with E-state index in [2.05, 4.69) is 16.0 Å². The molecule has 0 aliphatic carbocycles. The van der Waals surface area contributed by atoms with E-state index in [-0.39, 0.29) is 11.5 Å². The SMILES string of the molecule is COC(=O)C(=CN(C)C)c1c(Oc2cccc(Oc3ccccc3C#N)c2)nc(C)nc1SC. The summed E-state index contributed by atoms with van der Waals surface area (Å²) in [6.45, 7) is 1.75. The number of aryl methyl sites for hydroxylation is 1. The van der Waals surface area contributed by atoms with Crippen LogP contribution in [0.25, 0.3) is 5.57 Å². The van der Waals surface area contributed by atoms with Crippen molar-refractivity contribution in [2.45, 2.75) is 11.9 Å². The van der Waals surface area contributed by atoms with Gasteiger partial charge in [0.05, 0.1) is 23.8 Å². The Morgan fingerprint density at radius 1 is 1.09 bits per heavy atom. The average molecular weight is 477 g/mol. The molecular weight excluding hydrogens is 452 g/mol. The summed E-state index contributed by atoms with van der Waals surface area (Å²) in [5.74, 6) is 1.53. The third kappa shape index (κ3) is 5.85. The lowest BCUT2D eigenvalue weighted by atomic mass is 10.1. The van der Waals surface area contributed by atoms with Crippen molar-refractivity contribution < 1.29 is 19.0 Å². The molecule has 8 nitrogen and oxygen atoms in total. The predicted molar refractivity (Wildman–Crippen MR) is 130 cm³/mol. The van der Waals surface area contributed by atoms with Crippen molar-refractivity contribution in [1.82, 2.24) is 14.9 Å². The second kappa shape index (κ2) is 11.2. The van der Waals surface area contributed by atoms with E-state index < -0.39 is 5.97 Å². The van der Waals surface area contributed by atoms with Crippen LogP contribution >= 0.6 is 11.8 Å². The first-order chi connectivity index (χ1) is 16.4. The van der Waals surface area contributed by atoms with Crippen LogP contribution < -0.4 is 9.47 Å². The standard InChI is InChI=1S/C25H24N4O4S/c1-16-27-23(22(24(28-16)34-5)20(15-29(2)3)25(30)31-4)33-19-11-8-10-18(13-19)32-21-12-7-6-9-17(21)14-26/h6-13,15H,1-5H3. The largest absolute Gasteiger partial charge is 0.465 e. The molecule has 0 atom stereocenters. The number of thioether (sulfide) groups is 1. The third-order valence-corrected chi connectivity index (χ3v) is 5.15. The van der Waals surface area contributed by atoms with Crippen LogP contribution in [0.2, 0.25) is 0 Å². The summed E-state index contributed by atoms with van der Waals surface area (Å²) in [7, 11) is 4.93. The molecule has 3 rings (SSSR count). The average Bonchev–Trinajstić information content (AvgIpc) is 2.82. The van der Waals surface area contributed by atoms with Crippen molar-refractivity contribution in [3.8, 4) is 29.2 Å². The first-order valence-electron chi connectivity index (χ1n) is 10.2. The van der Waals surface area contributed by atoms with Crippen LogP contribution in [-0.4, -0.2) is 48.3 Å². The zero-order valence-corrected chi connectivity index (χ0v) is 20.3. The molecule has 0 radical (unpaired) electrons. The van der Waals surface area contributed by atoms with Gasteiger partial charge in [0.25, 0.3) is 0 Å². The van der Waals surface area contributed by atoms with Crippen LogP contribution in [-0.2, 0) is 9.53 Å². The van der Waals surface area contributed by atoms with Gasteiger partial charge in [0.15, 0.2) is 0 Å². The van der Waals surface area contributed by atoms with Crippen LogP contribution in [0.4, 0.5) is 0 Å². The smallest absolute Gasteiger partial charge is 0.340 e. The van der Waals surface area contributed by atoms with Gasteiger partial charge in [-0.1, -0.05) is 18.2 Å². The van der Waals surface area contributed by atoms with Gasteiger partial charge in [-0.25, -0.2) is 9.78 Å². The highest BCUT2D eigenvalue weighted by Crippen LogP contribution is 2.37. The number of hydrogen-bond acceptors (Lipinski definition) is 9. The molecule has 0 aliphatic rings. The number of para-hydroxylation sites is 1. The van der Waals surface area contributed by atoms with Crippen molar-refractivity contribution in [2.75, 3.05) is 27.5 Å². The summed E-state index contributed by atoms with van der Waals surface area (Å²) >= 11 is 1.37. The Morgan fingerprint density at radius 2 is 1.79 bits per heavy atom. The Labute approximate surface area is 202 Å². The molecule has 0 N–H and O–H groups in total. The van der Waals surface area contributed by atoms with E-state index in [1.165, 1.54) is 18.9 Å². The number of methoxy groups -OCH3 is 1. The van der Waals surface area contributed by atoms with Gasteiger partial charge in [-0.2, -0.15) is 10.2 Å². The number of aromatic nitrogens is 2. The molecule has 0 aliphatic heterocycles. The van der Waals surface area contributed by atoms with Gasteiger partial charge in [-0.3, -0.25) is 0 Å². The number of rotatable bonds is 8. The Morgan fingerprint density at radius 3 is 2.44 bits per heavy atom. The van der Waals surface area contributed by atoms with Gasteiger partial charge in [0.2, 0.25) is 5.88 Å². The summed E-state index contributed by atoms with van der Waals surface area (Å²) in [5.41, 5.74) is 1.12. The topological polar surface area (TPSA) is 97.6 Å². The first-order valence-corrected chi connectivity index (χ1v) is 11.4. The van der Waals surface area contributed by atoms with Crippen molar-refractivity contribution in [2.24, 2.45) is 0 Å². The van der Waals surface area contributed by atoms with Gasteiger partial charge in [-0.05, 0) is 37.4 Å². The summed E-state index contributed by atoms with van der Waals surface area (Å²) in [4.78, 5) is 23.3. The minimum Gasteiger partial charge on any atom is -0.465 e. The first kappa shape index (κ1) is 24.6. The lowest BCUT2D eigenvalue weighted by molar-refractivity contribution is -0.133. The molecule has 0 spiro atoms. The summed E-state index contributed by atoms with van der Waals surface area (Å²) < 4.78 is 17.1. The number of benzene rings is 2. The number of esters is 1. The van der Waals surface area contributed by atoms with E-state index in [0.29, 0.717) is 39.2 Å². The van der Waals surface area contributed by atoms with Crippen molar-refractivity contribution in [3.05, 3.63) is 71.7 Å². The van der Waals surface area contributed by atoms with Crippen LogP contribution in [0, 0.1) is 18.3 Å². The molecule has 0 bridgehead atoms. The van der Waals surface area contributed by atoms with Crippen LogP contribution in [0.5, 0.6) is 23.1 Å². The Kier molecular flexibility index (Phi) is 8.11. The van der Waals surface area contributed by atoms with E-state index in [4.69, 9.17) is 14.2 Å². The molecule has 174 valence electrons. The van der Waals surface area contributed by atoms with E-state index in [1.807, 2.05) is 6.26 Å². The maximum atomic E-state index is 12.6. The summed E-state index contributed by atoms with van der Waals surface area (Å²) in [6.07, 6.45) is 3.51. The minimum absolute atomic E-state index is 0.213. The maximum absolute atomic E-state index is 12.6. The fourth-order valence-electron chi connectivity index (χ4n) is 3.05. The van der Waals surface area contributed by atoms with Crippen LogP contribution in [0.15, 0.2) is 59.8 Å². The predicted octanol–water partition coefficient (Wildman–Crippen LogP) is 5.04. The number of nitriles is 1. The molecule has 3 aromatic rings. The molecular formula is C25H24N4O4S. The Bertz CT molecular complexity index is 1270. The molecule has 34 heavy (non-hydrogen) atoms. The zero-order valence-electron chi connectivity index (χ0n) is 19.5. The molecule has 1 aromatic heterocycles. The molecule has 0 unspecified atom stereocenters. The quantitative estimate of drug-likeness (QED) is 0.192. The molecule has 2 aromatic carbocycles. The molecule has 0 saturated heterocycles. The lowest BCUT2D eigenvalue weighted by Gasteiger charge is -2.17. The van der Waals surface area contributed by atoms with Crippen molar-refractivity contribution in [3.63, 3.8) is 0 Å². The lowest BCUT2D eigenvalue weighted by Crippen LogP contribution is -2.13. The monoisotopic (exact) mass is 476 g/mol. The van der Waals surface area contributed by atoms with Gasteiger partial charge < -0.3 is 19.1 Å². The second-order valence-corrected chi connectivity index (χ2v) is 8.04. The fourth-order valence-corrected chi connectivity index (χ4v) is 3.67. The molecule has 0 fully saturated rings. The summed E-state index contributed by atoms with van der Waals surface area (Å²) in [6, 6.07) is 16.0. The van der Waals surface area contributed by atoms with E-state index in [0.717, 1.165) is 0 Å². The van der Waals surface area contributed by atoms with Crippen molar-refractivity contribution >= 4 is 23.3 Å². The number of ether oxygens (including phenoxy) is 3. The van der Waals surface area contributed by atoms with Crippen LogP contribution in [0.3, 0.4) is 0 Å². The zero-order chi connectivity index (χ0) is 24.7. The Hall–Kier alpha value is -4.03. The Balaban J connectivity index is 2.05.